The van der Waals surface area contributed by atoms with Crippen molar-refractivity contribution in [2.75, 3.05) is 6.54 Å². The molecule has 0 fully saturated rings. The summed E-state index contributed by atoms with van der Waals surface area (Å²) in [5.41, 5.74) is 3.43. The van der Waals surface area contributed by atoms with Gasteiger partial charge in [0.05, 0.1) is 22.1 Å². The molecule has 110 valence electrons. The molecule has 2 aromatic rings. The van der Waals surface area contributed by atoms with E-state index < -0.39 is 0 Å². The monoisotopic (exact) mass is 403 g/mol. The fraction of sp³-hybridized carbons (Fsp3) is 0.500. The first-order chi connectivity index (χ1) is 9.58. The number of furan rings is 1. The molecule has 1 unspecified atom stereocenters. The summed E-state index contributed by atoms with van der Waals surface area (Å²) in [6.07, 6.45) is 3.49. The van der Waals surface area contributed by atoms with E-state index in [2.05, 4.69) is 56.1 Å². The van der Waals surface area contributed by atoms with Crippen LogP contribution in [-0.4, -0.2) is 16.3 Å². The van der Waals surface area contributed by atoms with E-state index in [0.717, 1.165) is 39.8 Å². The maximum atomic E-state index is 5.36. The van der Waals surface area contributed by atoms with Gasteiger partial charge in [0, 0.05) is 25.1 Å². The quantitative estimate of drug-likeness (QED) is 0.791. The molecule has 0 amide bonds. The third kappa shape index (κ3) is 3.18. The number of aromatic nitrogens is 2. The first kappa shape index (κ1) is 15.8. The summed E-state index contributed by atoms with van der Waals surface area (Å²) in [5, 5.41) is 8.06. The molecule has 0 aliphatic heterocycles. The van der Waals surface area contributed by atoms with E-state index in [-0.39, 0.29) is 6.04 Å². The Morgan fingerprint density at radius 2 is 2.15 bits per heavy atom. The Balaban J connectivity index is 2.29. The van der Waals surface area contributed by atoms with E-state index >= 15 is 0 Å². The van der Waals surface area contributed by atoms with Gasteiger partial charge in [0.2, 0.25) is 0 Å². The van der Waals surface area contributed by atoms with Crippen LogP contribution in [0.1, 0.15) is 36.8 Å². The number of hydrogen-bond donors (Lipinski definition) is 1. The summed E-state index contributed by atoms with van der Waals surface area (Å²) in [6, 6.07) is 2.20. The third-order valence-electron chi connectivity index (χ3n) is 3.37. The van der Waals surface area contributed by atoms with E-state index in [0.29, 0.717) is 0 Å². The number of hydrogen-bond acceptors (Lipinski definition) is 3. The summed E-state index contributed by atoms with van der Waals surface area (Å²) in [6.45, 7) is 5.13. The van der Waals surface area contributed by atoms with Crippen LogP contribution in [-0.2, 0) is 19.9 Å². The fourth-order valence-electron chi connectivity index (χ4n) is 2.33. The van der Waals surface area contributed by atoms with Crippen molar-refractivity contribution in [3.63, 3.8) is 0 Å². The van der Waals surface area contributed by atoms with Gasteiger partial charge in [-0.2, -0.15) is 5.10 Å². The maximum Gasteiger partial charge on any atom is 0.173 e. The summed E-state index contributed by atoms with van der Waals surface area (Å²) < 4.78 is 9.22. The Kier molecular flexibility index (Phi) is 5.46. The van der Waals surface area contributed by atoms with Crippen molar-refractivity contribution >= 4 is 31.9 Å². The van der Waals surface area contributed by atoms with Crippen LogP contribution < -0.4 is 5.32 Å². The lowest BCUT2D eigenvalue weighted by Crippen LogP contribution is -2.24. The highest BCUT2D eigenvalue weighted by Crippen LogP contribution is 2.30. The van der Waals surface area contributed by atoms with E-state index in [9.17, 15) is 0 Å². The van der Waals surface area contributed by atoms with Crippen molar-refractivity contribution < 1.29 is 4.42 Å². The summed E-state index contributed by atoms with van der Waals surface area (Å²) in [5.74, 6) is 0. The molecule has 20 heavy (non-hydrogen) atoms. The molecule has 1 atom stereocenters. The topological polar surface area (TPSA) is 43.0 Å². The highest BCUT2D eigenvalue weighted by Gasteiger charge is 2.21. The van der Waals surface area contributed by atoms with Crippen LogP contribution in [0.15, 0.2) is 25.9 Å². The zero-order valence-electron chi connectivity index (χ0n) is 11.9. The molecule has 1 N–H and O–H groups in total. The van der Waals surface area contributed by atoms with Gasteiger partial charge < -0.3 is 9.73 Å². The van der Waals surface area contributed by atoms with Crippen LogP contribution in [0.4, 0.5) is 0 Å². The van der Waals surface area contributed by atoms with Gasteiger partial charge in [0.1, 0.15) is 0 Å². The van der Waals surface area contributed by atoms with Crippen LogP contribution in [0.25, 0.3) is 0 Å². The minimum atomic E-state index is 0.199. The molecule has 0 aliphatic carbocycles. The Labute approximate surface area is 136 Å². The van der Waals surface area contributed by atoms with E-state index in [1.54, 1.807) is 6.26 Å². The molecule has 0 spiro atoms. The van der Waals surface area contributed by atoms with Gasteiger partial charge in [-0.15, -0.1) is 0 Å². The van der Waals surface area contributed by atoms with Gasteiger partial charge >= 0.3 is 0 Å². The Morgan fingerprint density at radius 3 is 2.65 bits per heavy atom. The van der Waals surface area contributed by atoms with Gasteiger partial charge in [-0.1, -0.05) is 13.8 Å². The van der Waals surface area contributed by atoms with E-state index in [1.807, 2.05) is 17.8 Å². The summed E-state index contributed by atoms with van der Waals surface area (Å²) >= 11 is 7.14. The third-order valence-corrected chi connectivity index (χ3v) is 4.93. The first-order valence-corrected chi connectivity index (χ1v) is 8.33. The second-order valence-corrected chi connectivity index (χ2v) is 6.16. The number of rotatable bonds is 6. The number of likely N-dealkylation sites (N-methyl/N-ethyl adjacent to an activating group) is 1. The number of nitrogens with zero attached hydrogens (tertiary/aromatic N) is 2. The Bertz CT molecular complexity index is 577. The minimum Gasteiger partial charge on any atom is -0.457 e. The molecule has 2 heterocycles. The zero-order chi connectivity index (χ0) is 14.7. The molecule has 0 radical (unpaired) electrons. The average molecular weight is 405 g/mol. The lowest BCUT2D eigenvalue weighted by atomic mass is 10.0. The van der Waals surface area contributed by atoms with Crippen LogP contribution in [0.2, 0.25) is 0 Å². The van der Waals surface area contributed by atoms with Crippen LogP contribution in [0.3, 0.4) is 0 Å². The molecule has 0 aliphatic rings. The van der Waals surface area contributed by atoms with Crippen molar-refractivity contribution in [2.45, 2.75) is 32.7 Å². The van der Waals surface area contributed by atoms with E-state index in [4.69, 9.17) is 4.42 Å². The molecule has 0 aromatic carbocycles. The molecule has 0 saturated heterocycles. The average Bonchev–Trinajstić information content (AvgIpc) is 2.96. The van der Waals surface area contributed by atoms with Gasteiger partial charge in [-0.05, 0) is 50.9 Å². The lowest BCUT2D eigenvalue weighted by molar-refractivity contribution is 0.497. The molecule has 0 saturated carbocycles. The second-order valence-electron chi connectivity index (χ2n) is 4.65. The van der Waals surface area contributed by atoms with Gasteiger partial charge in [0.15, 0.2) is 4.67 Å². The molecule has 2 rings (SSSR count). The highest BCUT2D eigenvalue weighted by atomic mass is 79.9. The Morgan fingerprint density at radius 1 is 1.40 bits per heavy atom. The predicted octanol–water partition coefficient (Wildman–Crippen LogP) is 3.99. The van der Waals surface area contributed by atoms with Crippen LogP contribution >= 0.6 is 31.9 Å². The largest absolute Gasteiger partial charge is 0.457 e. The fourth-order valence-corrected chi connectivity index (χ4v) is 3.62. The molecule has 4 nitrogen and oxygen atoms in total. The van der Waals surface area contributed by atoms with Crippen molar-refractivity contribution in [2.24, 2.45) is 7.05 Å². The molecule has 0 bridgehead atoms. The lowest BCUT2D eigenvalue weighted by Gasteiger charge is -2.17. The van der Waals surface area contributed by atoms with E-state index in [1.165, 1.54) is 5.69 Å². The van der Waals surface area contributed by atoms with Crippen molar-refractivity contribution in [3.8, 4) is 0 Å². The first-order valence-electron chi connectivity index (χ1n) is 6.74. The molecule has 6 heteroatoms. The predicted molar refractivity (Wildman–Crippen MR) is 86.8 cm³/mol. The normalized spacial score (nSPS) is 12.8. The zero-order valence-corrected chi connectivity index (χ0v) is 15.1. The Hall–Kier alpha value is -0.590. The van der Waals surface area contributed by atoms with Crippen molar-refractivity contribution in [1.29, 1.82) is 0 Å². The van der Waals surface area contributed by atoms with Gasteiger partial charge in [-0.25, -0.2) is 0 Å². The molecular weight excluding hydrogens is 386 g/mol. The van der Waals surface area contributed by atoms with Crippen molar-refractivity contribution in [1.82, 2.24) is 15.1 Å². The number of halogens is 2. The summed E-state index contributed by atoms with van der Waals surface area (Å²) in [7, 11) is 1.99. The number of aryl methyl sites for hydroxylation is 2. The molecular formula is C14H19Br2N3O. The second kappa shape index (κ2) is 6.91. The number of nitrogens with one attached hydrogen (secondary N) is 1. The standard InChI is InChI=1S/C14H19Br2N3O/c1-4-10-13(15)12(19(3)18-10)8-11(17-5-2)9-6-7-20-14(9)16/h6-7,11,17H,4-5,8H2,1-3H3. The maximum absolute atomic E-state index is 5.36. The SMILES string of the molecule is CCNC(Cc1c(Br)c(CC)nn1C)c1ccoc1Br. The van der Waals surface area contributed by atoms with Crippen molar-refractivity contribution in [3.05, 3.63) is 38.4 Å². The van der Waals surface area contributed by atoms with Gasteiger partial charge in [-0.3, -0.25) is 4.68 Å². The minimum absolute atomic E-state index is 0.199. The van der Waals surface area contributed by atoms with Crippen LogP contribution in [0, 0.1) is 0 Å². The summed E-state index contributed by atoms with van der Waals surface area (Å²) in [4.78, 5) is 0. The highest BCUT2D eigenvalue weighted by molar-refractivity contribution is 9.10. The smallest absolute Gasteiger partial charge is 0.173 e. The van der Waals surface area contributed by atoms with Crippen LogP contribution in [0.5, 0.6) is 0 Å². The molecule has 2 aromatic heterocycles. The van der Waals surface area contributed by atoms with Gasteiger partial charge in [0.25, 0.3) is 0 Å².